The number of hydrogen-bond donors (Lipinski definition) is 1. The van der Waals surface area contributed by atoms with Gasteiger partial charge in [-0.3, -0.25) is 10.1 Å². The molecular weight excluding hydrogens is 304 g/mol. The van der Waals surface area contributed by atoms with Gasteiger partial charge in [-0.2, -0.15) is 0 Å². The van der Waals surface area contributed by atoms with E-state index in [0.717, 1.165) is 17.6 Å². The molecule has 0 aliphatic carbocycles. The third kappa shape index (κ3) is 4.62. The lowest BCUT2D eigenvalue weighted by molar-refractivity contribution is -0.132. The van der Waals surface area contributed by atoms with Crippen LogP contribution in [0, 0.1) is 0 Å². The van der Waals surface area contributed by atoms with E-state index in [2.05, 4.69) is 40.3 Å². The van der Waals surface area contributed by atoms with Crippen LogP contribution < -0.4 is 5.32 Å². The van der Waals surface area contributed by atoms with Crippen molar-refractivity contribution in [3.8, 4) is 0 Å². The monoisotopic (exact) mass is 326 g/mol. The van der Waals surface area contributed by atoms with Gasteiger partial charge in [-0.25, -0.2) is 0 Å². The van der Waals surface area contributed by atoms with E-state index < -0.39 is 0 Å². The first-order valence-corrected chi connectivity index (χ1v) is 7.59. The molecule has 0 bridgehead atoms. The molecule has 0 aromatic heterocycles. The summed E-state index contributed by atoms with van der Waals surface area (Å²) in [6, 6.07) is 8.12. The maximum Gasteiger partial charge on any atom is 0.239 e. The quantitative estimate of drug-likeness (QED) is 0.869. The lowest BCUT2D eigenvalue weighted by Crippen LogP contribution is -2.45. The lowest BCUT2D eigenvalue weighted by Gasteiger charge is -2.26. The van der Waals surface area contributed by atoms with E-state index in [1.54, 1.807) is 0 Å². The molecule has 2 atom stereocenters. The summed E-state index contributed by atoms with van der Waals surface area (Å²) < 4.78 is 1.06. The molecule has 0 spiro atoms. The van der Waals surface area contributed by atoms with Crippen LogP contribution in [0.3, 0.4) is 0 Å². The zero-order valence-corrected chi connectivity index (χ0v) is 13.7. The molecule has 0 heterocycles. The van der Waals surface area contributed by atoms with Crippen molar-refractivity contribution in [2.75, 3.05) is 13.1 Å². The molecule has 3 nitrogen and oxygen atoms in total. The van der Waals surface area contributed by atoms with Gasteiger partial charge in [0.05, 0.1) is 6.04 Å². The van der Waals surface area contributed by atoms with E-state index >= 15 is 0 Å². The van der Waals surface area contributed by atoms with Crippen molar-refractivity contribution >= 4 is 21.8 Å². The fourth-order valence-electron chi connectivity index (χ4n) is 2.13. The summed E-state index contributed by atoms with van der Waals surface area (Å²) in [7, 11) is 0. The molecular formula is C15H23BrN2O. The van der Waals surface area contributed by atoms with Crippen molar-refractivity contribution in [1.29, 1.82) is 0 Å². The van der Waals surface area contributed by atoms with Gasteiger partial charge in [0.15, 0.2) is 0 Å². The highest BCUT2D eigenvalue weighted by Gasteiger charge is 2.20. The molecule has 1 aromatic carbocycles. The summed E-state index contributed by atoms with van der Waals surface area (Å²) >= 11 is 3.47. The van der Waals surface area contributed by atoms with Crippen molar-refractivity contribution in [2.24, 2.45) is 0 Å². The predicted octanol–water partition coefficient (Wildman–Crippen LogP) is 3.36. The topological polar surface area (TPSA) is 32.3 Å². The summed E-state index contributed by atoms with van der Waals surface area (Å²) in [6.45, 7) is 9.53. The number of carbonyl (C=O) groups excluding carboxylic acids is 1. The predicted molar refractivity (Wildman–Crippen MR) is 83.1 cm³/mol. The summed E-state index contributed by atoms with van der Waals surface area (Å²) in [6.07, 6.45) is 0. The Morgan fingerprint density at radius 2 is 1.95 bits per heavy atom. The van der Waals surface area contributed by atoms with Crippen LogP contribution in [0.1, 0.15) is 39.3 Å². The van der Waals surface area contributed by atoms with Crippen LogP contribution in [-0.2, 0) is 4.79 Å². The Kier molecular flexibility index (Phi) is 6.52. The first kappa shape index (κ1) is 16.2. The lowest BCUT2D eigenvalue weighted by atomic mass is 10.1. The molecule has 1 amide bonds. The van der Waals surface area contributed by atoms with Gasteiger partial charge >= 0.3 is 0 Å². The summed E-state index contributed by atoms with van der Waals surface area (Å²) in [4.78, 5) is 14.0. The average Bonchev–Trinajstić information content (AvgIpc) is 2.39. The maximum atomic E-state index is 12.2. The molecule has 0 fully saturated rings. The van der Waals surface area contributed by atoms with Gasteiger partial charge in [0.25, 0.3) is 0 Å². The third-order valence-electron chi connectivity index (χ3n) is 3.29. The van der Waals surface area contributed by atoms with Crippen LogP contribution in [0.2, 0.25) is 0 Å². The number of carbonyl (C=O) groups is 1. The van der Waals surface area contributed by atoms with Gasteiger partial charge in [-0.15, -0.1) is 0 Å². The number of nitrogens with zero attached hydrogens (tertiary/aromatic N) is 1. The molecule has 106 valence electrons. The Morgan fingerprint density at radius 1 is 1.32 bits per heavy atom. The molecule has 0 aliphatic heterocycles. The molecule has 1 unspecified atom stereocenters. The fraction of sp³-hybridized carbons (Fsp3) is 0.533. The highest BCUT2D eigenvalue weighted by molar-refractivity contribution is 9.10. The number of amides is 1. The van der Waals surface area contributed by atoms with Crippen molar-refractivity contribution in [2.45, 2.75) is 39.8 Å². The molecule has 0 saturated heterocycles. The molecule has 4 heteroatoms. The Morgan fingerprint density at radius 3 is 2.47 bits per heavy atom. The summed E-state index contributed by atoms with van der Waals surface area (Å²) in [5, 5.41) is 3.36. The second-order valence-electron chi connectivity index (χ2n) is 4.68. The van der Waals surface area contributed by atoms with E-state index in [9.17, 15) is 4.79 Å². The Hall–Kier alpha value is -0.870. The second kappa shape index (κ2) is 7.65. The molecule has 19 heavy (non-hydrogen) atoms. The number of benzene rings is 1. The molecule has 1 aromatic rings. The number of likely N-dealkylation sites (N-methyl/N-ethyl adjacent to an activating group) is 1. The number of halogens is 1. The number of nitrogens with one attached hydrogen (secondary N) is 1. The van der Waals surface area contributed by atoms with Crippen LogP contribution in [0.15, 0.2) is 28.7 Å². The van der Waals surface area contributed by atoms with Gasteiger partial charge in [0.1, 0.15) is 0 Å². The largest absolute Gasteiger partial charge is 0.342 e. The van der Waals surface area contributed by atoms with E-state index in [1.165, 1.54) is 5.56 Å². The second-order valence-corrected chi connectivity index (χ2v) is 5.59. The van der Waals surface area contributed by atoms with Gasteiger partial charge in [0, 0.05) is 23.6 Å². The van der Waals surface area contributed by atoms with Crippen molar-refractivity contribution < 1.29 is 4.79 Å². The van der Waals surface area contributed by atoms with Crippen LogP contribution in [0.4, 0.5) is 0 Å². The molecule has 0 saturated carbocycles. The molecule has 1 rings (SSSR count). The first-order valence-electron chi connectivity index (χ1n) is 6.79. The minimum absolute atomic E-state index is 0.145. The first-order chi connectivity index (χ1) is 8.99. The zero-order chi connectivity index (χ0) is 14.4. The third-order valence-corrected chi connectivity index (χ3v) is 3.79. The van der Waals surface area contributed by atoms with Gasteiger partial charge in [-0.1, -0.05) is 28.1 Å². The van der Waals surface area contributed by atoms with E-state index in [0.29, 0.717) is 0 Å². The van der Waals surface area contributed by atoms with Crippen LogP contribution in [0.5, 0.6) is 0 Å². The van der Waals surface area contributed by atoms with Crippen molar-refractivity contribution in [3.05, 3.63) is 34.3 Å². The maximum absolute atomic E-state index is 12.2. The Labute approximate surface area is 124 Å². The van der Waals surface area contributed by atoms with E-state index in [-0.39, 0.29) is 18.0 Å². The van der Waals surface area contributed by atoms with E-state index in [1.807, 2.05) is 37.8 Å². The van der Waals surface area contributed by atoms with E-state index in [4.69, 9.17) is 0 Å². The molecule has 1 N–H and O–H groups in total. The minimum atomic E-state index is -0.172. The Bertz CT molecular complexity index is 418. The minimum Gasteiger partial charge on any atom is -0.342 e. The molecule has 0 aliphatic rings. The fourth-order valence-corrected chi connectivity index (χ4v) is 2.54. The van der Waals surface area contributed by atoms with Gasteiger partial charge in [-0.05, 0) is 45.4 Å². The summed E-state index contributed by atoms with van der Waals surface area (Å²) in [5.41, 5.74) is 1.17. The average molecular weight is 327 g/mol. The number of rotatable bonds is 6. The normalized spacial score (nSPS) is 13.9. The summed E-state index contributed by atoms with van der Waals surface area (Å²) in [5.74, 6) is 0.159. The Balaban J connectivity index is 2.66. The van der Waals surface area contributed by atoms with Crippen molar-refractivity contribution in [1.82, 2.24) is 10.2 Å². The highest BCUT2D eigenvalue weighted by atomic mass is 79.9. The zero-order valence-electron chi connectivity index (χ0n) is 12.1. The van der Waals surface area contributed by atoms with Crippen molar-refractivity contribution in [3.63, 3.8) is 0 Å². The smallest absolute Gasteiger partial charge is 0.239 e. The van der Waals surface area contributed by atoms with Gasteiger partial charge in [0.2, 0.25) is 5.91 Å². The number of hydrogen-bond acceptors (Lipinski definition) is 2. The van der Waals surface area contributed by atoms with Crippen LogP contribution >= 0.6 is 15.9 Å². The van der Waals surface area contributed by atoms with Crippen LogP contribution in [-0.4, -0.2) is 29.9 Å². The van der Waals surface area contributed by atoms with Gasteiger partial charge < -0.3 is 4.90 Å². The highest BCUT2D eigenvalue weighted by Crippen LogP contribution is 2.18. The molecule has 0 radical (unpaired) electrons. The SMILES string of the molecule is CCN(CC)C(=O)C(C)N[C@@H](C)c1cccc(Br)c1. The van der Waals surface area contributed by atoms with Crippen LogP contribution in [0.25, 0.3) is 0 Å². The standard InChI is InChI=1S/C15H23BrN2O/c1-5-18(6-2)15(19)12(4)17-11(3)13-8-7-9-14(16)10-13/h7-12,17H,5-6H2,1-4H3/t11-,12?/m0/s1.